The number of hydrogen-bond donors (Lipinski definition) is 2. The number of aliphatic hydroxyl groups is 1. The maximum absolute atomic E-state index is 11.8. The molecule has 5 nitrogen and oxygen atoms in total. The van der Waals surface area contributed by atoms with Crippen LogP contribution in [0.4, 0.5) is 0 Å². The van der Waals surface area contributed by atoms with Crippen LogP contribution in [0, 0.1) is 5.92 Å². The van der Waals surface area contributed by atoms with Gasteiger partial charge >= 0.3 is 0 Å². The van der Waals surface area contributed by atoms with Gasteiger partial charge in [0.25, 0.3) is 10.2 Å². The van der Waals surface area contributed by atoms with E-state index in [0.717, 1.165) is 0 Å². The highest BCUT2D eigenvalue weighted by molar-refractivity contribution is 7.87. The summed E-state index contributed by atoms with van der Waals surface area (Å²) in [6.07, 6.45) is 0. The van der Waals surface area contributed by atoms with Gasteiger partial charge in [-0.05, 0) is 12.8 Å². The van der Waals surface area contributed by atoms with Crippen molar-refractivity contribution in [1.82, 2.24) is 9.03 Å². The zero-order valence-electron chi connectivity index (χ0n) is 9.90. The average Bonchev–Trinajstić information content (AvgIpc) is 2.17. The molecule has 0 aliphatic rings. The summed E-state index contributed by atoms with van der Waals surface area (Å²) in [4.78, 5) is 0. The Morgan fingerprint density at radius 2 is 1.73 bits per heavy atom. The Labute approximate surface area is 92.7 Å². The summed E-state index contributed by atoms with van der Waals surface area (Å²) in [5, 5.41) is 8.91. The Hall–Kier alpha value is -0.170. The van der Waals surface area contributed by atoms with Crippen LogP contribution in [-0.4, -0.2) is 43.6 Å². The largest absolute Gasteiger partial charge is 0.396 e. The number of hydrogen-bond acceptors (Lipinski definition) is 3. The van der Waals surface area contributed by atoms with Crippen LogP contribution in [0.25, 0.3) is 0 Å². The molecule has 0 aliphatic carbocycles. The predicted octanol–water partition coefficient (Wildman–Crippen LogP) is 0.179. The molecule has 0 saturated heterocycles. The van der Waals surface area contributed by atoms with Crippen molar-refractivity contribution < 1.29 is 13.5 Å². The van der Waals surface area contributed by atoms with Crippen LogP contribution in [0.5, 0.6) is 0 Å². The number of nitrogens with one attached hydrogen (secondary N) is 1. The molecule has 2 N–H and O–H groups in total. The van der Waals surface area contributed by atoms with Crippen LogP contribution in [0.3, 0.4) is 0 Å². The lowest BCUT2D eigenvalue weighted by Crippen LogP contribution is -2.46. The first-order chi connectivity index (χ1) is 6.88. The van der Waals surface area contributed by atoms with Gasteiger partial charge in [-0.15, -0.1) is 0 Å². The minimum Gasteiger partial charge on any atom is -0.396 e. The van der Waals surface area contributed by atoms with E-state index in [1.165, 1.54) is 4.31 Å². The highest BCUT2D eigenvalue weighted by Gasteiger charge is 2.23. The standard InChI is InChI=1S/C9H22N2O3S/c1-5-11(6-2)15(13,14)10-9(4)8(3)7-12/h8-10,12H,5-7H2,1-4H3. The van der Waals surface area contributed by atoms with E-state index in [4.69, 9.17) is 5.11 Å². The monoisotopic (exact) mass is 238 g/mol. The van der Waals surface area contributed by atoms with Crippen molar-refractivity contribution in [3.8, 4) is 0 Å². The molecular formula is C9H22N2O3S. The van der Waals surface area contributed by atoms with Gasteiger partial charge in [-0.3, -0.25) is 0 Å². The molecule has 0 spiro atoms. The van der Waals surface area contributed by atoms with Crippen LogP contribution in [-0.2, 0) is 10.2 Å². The molecule has 0 aromatic carbocycles. The van der Waals surface area contributed by atoms with Crippen LogP contribution >= 0.6 is 0 Å². The van der Waals surface area contributed by atoms with Crippen molar-refractivity contribution in [2.75, 3.05) is 19.7 Å². The Morgan fingerprint density at radius 1 is 1.27 bits per heavy atom. The van der Waals surface area contributed by atoms with Gasteiger partial charge in [-0.1, -0.05) is 20.8 Å². The van der Waals surface area contributed by atoms with E-state index in [1.807, 2.05) is 0 Å². The van der Waals surface area contributed by atoms with E-state index in [-0.39, 0.29) is 18.6 Å². The van der Waals surface area contributed by atoms with Crippen LogP contribution < -0.4 is 4.72 Å². The van der Waals surface area contributed by atoms with E-state index in [1.54, 1.807) is 27.7 Å². The number of rotatable bonds is 7. The highest BCUT2D eigenvalue weighted by atomic mass is 32.2. The lowest BCUT2D eigenvalue weighted by atomic mass is 10.1. The van der Waals surface area contributed by atoms with Crippen molar-refractivity contribution in [3.63, 3.8) is 0 Å². The Balaban J connectivity index is 4.50. The van der Waals surface area contributed by atoms with Crippen molar-refractivity contribution in [2.45, 2.75) is 33.7 Å². The zero-order valence-corrected chi connectivity index (χ0v) is 10.7. The minimum absolute atomic E-state index is 0.0259. The third-order valence-corrected chi connectivity index (χ3v) is 4.39. The molecule has 2 unspecified atom stereocenters. The quantitative estimate of drug-likeness (QED) is 0.665. The molecule has 0 amide bonds. The fourth-order valence-electron chi connectivity index (χ4n) is 1.15. The Morgan fingerprint density at radius 3 is 2.07 bits per heavy atom. The summed E-state index contributed by atoms with van der Waals surface area (Å²) in [7, 11) is -3.40. The second kappa shape index (κ2) is 6.42. The third kappa shape index (κ3) is 4.46. The molecule has 15 heavy (non-hydrogen) atoms. The summed E-state index contributed by atoms with van der Waals surface area (Å²) in [6, 6.07) is -0.263. The average molecular weight is 238 g/mol. The fraction of sp³-hybridized carbons (Fsp3) is 1.00. The summed E-state index contributed by atoms with van der Waals surface area (Å²) in [5.74, 6) is -0.0877. The van der Waals surface area contributed by atoms with Gasteiger partial charge in [0.05, 0.1) is 0 Å². The molecule has 0 bridgehead atoms. The second-order valence-corrected chi connectivity index (χ2v) is 5.36. The third-order valence-electron chi connectivity index (χ3n) is 2.52. The smallest absolute Gasteiger partial charge is 0.279 e. The molecule has 0 aromatic heterocycles. The van der Waals surface area contributed by atoms with Crippen LogP contribution in [0.2, 0.25) is 0 Å². The van der Waals surface area contributed by atoms with E-state index in [0.29, 0.717) is 13.1 Å². The summed E-state index contributed by atoms with van der Waals surface area (Å²) < 4.78 is 27.4. The molecule has 0 rings (SSSR count). The molecule has 92 valence electrons. The molecule has 0 fully saturated rings. The predicted molar refractivity (Wildman–Crippen MR) is 60.7 cm³/mol. The molecule has 0 heterocycles. The van der Waals surface area contributed by atoms with Crippen LogP contribution in [0.15, 0.2) is 0 Å². The lowest BCUT2D eigenvalue weighted by Gasteiger charge is -2.24. The topological polar surface area (TPSA) is 69.6 Å². The lowest BCUT2D eigenvalue weighted by molar-refractivity contribution is 0.215. The van der Waals surface area contributed by atoms with E-state index in [9.17, 15) is 8.42 Å². The second-order valence-electron chi connectivity index (χ2n) is 3.66. The van der Waals surface area contributed by atoms with E-state index in [2.05, 4.69) is 4.72 Å². The van der Waals surface area contributed by atoms with E-state index < -0.39 is 10.2 Å². The van der Waals surface area contributed by atoms with Crippen LogP contribution in [0.1, 0.15) is 27.7 Å². The first-order valence-corrected chi connectivity index (χ1v) is 6.71. The molecule has 0 aliphatic heterocycles. The number of aliphatic hydroxyl groups excluding tert-OH is 1. The van der Waals surface area contributed by atoms with Crippen molar-refractivity contribution in [3.05, 3.63) is 0 Å². The molecule has 6 heteroatoms. The summed E-state index contributed by atoms with van der Waals surface area (Å²) in [6.45, 7) is 8.02. The van der Waals surface area contributed by atoms with Crippen molar-refractivity contribution in [1.29, 1.82) is 0 Å². The first kappa shape index (κ1) is 14.8. The first-order valence-electron chi connectivity index (χ1n) is 5.27. The normalized spacial score (nSPS) is 16.7. The van der Waals surface area contributed by atoms with Gasteiger partial charge in [0.2, 0.25) is 0 Å². The SMILES string of the molecule is CCN(CC)S(=O)(=O)NC(C)C(C)CO. The summed E-state index contributed by atoms with van der Waals surface area (Å²) in [5.41, 5.74) is 0. The minimum atomic E-state index is -3.40. The molecule has 2 atom stereocenters. The van der Waals surface area contributed by atoms with E-state index >= 15 is 0 Å². The van der Waals surface area contributed by atoms with Gasteiger partial charge in [0.15, 0.2) is 0 Å². The maximum atomic E-state index is 11.8. The molecule has 0 aromatic rings. The highest BCUT2D eigenvalue weighted by Crippen LogP contribution is 2.05. The molecular weight excluding hydrogens is 216 g/mol. The fourth-order valence-corrected chi connectivity index (χ4v) is 2.68. The maximum Gasteiger partial charge on any atom is 0.279 e. The number of nitrogens with zero attached hydrogens (tertiary/aromatic N) is 1. The molecule has 0 radical (unpaired) electrons. The van der Waals surface area contributed by atoms with Gasteiger partial charge in [-0.25, -0.2) is 0 Å². The van der Waals surface area contributed by atoms with Crippen molar-refractivity contribution in [2.24, 2.45) is 5.92 Å². The Bertz CT molecular complexity index is 263. The van der Waals surface area contributed by atoms with Gasteiger partial charge in [0.1, 0.15) is 0 Å². The molecule has 0 saturated carbocycles. The Kier molecular flexibility index (Phi) is 6.35. The van der Waals surface area contributed by atoms with Crippen molar-refractivity contribution >= 4 is 10.2 Å². The summed E-state index contributed by atoms with van der Waals surface area (Å²) >= 11 is 0. The zero-order chi connectivity index (χ0) is 12.1. The van der Waals surface area contributed by atoms with Gasteiger partial charge < -0.3 is 5.11 Å². The van der Waals surface area contributed by atoms with Gasteiger partial charge in [0, 0.05) is 25.7 Å². The van der Waals surface area contributed by atoms with Gasteiger partial charge in [-0.2, -0.15) is 17.4 Å².